The van der Waals surface area contributed by atoms with Crippen molar-refractivity contribution in [3.63, 3.8) is 0 Å². The molecule has 1 saturated heterocycles. The molecule has 0 aliphatic carbocycles. The number of carbonyl (C=O) groups is 1. The second-order valence-electron chi connectivity index (χ2n) is 7.40. The molecule has 1 aliphatic rings. The van der Waals surface area contributed by atoms with Gasteiger partial charge >= 0.3 is 0 Å². The summed E-state index contributed by atoms with van der Waals surface area (Å²) in [5, 5.41) is 5.11. The first kappa shape index (κ1) is 19.7. The first-order chi connectivity index (χ1) is 14.1. The monoisotopic (exact) mass is 408 g/mol. The van der Waals surface area contributed by atoms with Gasteiger partial charge in [-0.15, -0.1) is 0 Å². The SMILES string of the molecule is Cc1c(C(=O)N2CCN(CCc3ccccc3)CC2)cnn1-c1ccc(Cl)cc1. The molecule has 0 N–H and O–H groups in total. The van der Waals surface area contributed by atoms with Crippen molar-refractivity contribution in [3.05, 3.63) is 82.6 Å². The van der Waals surface area contributed by atoms with Crippen molar-refractivity contribution >= 4 is 17.5 Å². The lowest BCUT2D eigenvalue weighted by Gasteiger charge is -2.34. The van der Waals surface area contributed by atoms with E-state index in [9.17, 15) is 4.79 Å². The van der Waals surface area contributed by atoms with E-state index < -0.39 is 0 Å². The zero-order valence-corrected chi connectivity index (χ0v) is 17.3. The summed E-state index contributed by atoms with van der Waals surface area (Å²) in [6, 6.07) is 18.0. The summed E-state index contributed by atoms with van der Waals surface area (Å²) in [5.41, 5.74) is 3.77. The maximum atomic E-state index is 13.0. The highest BCUT2D eigenvalue weighted by Crippen LogP contribution is 2.19. The lowest BCUT2D eigenvalue weighted by molar-refractivity contribution is 0.0638. The summed E-state index contributed by atoms with van der Waals surface area (Å²) in [5.74, 6) is 0.0606. The predicted molar refractivity (Wildman–Crippen MR) is 116 cm³/mol. The molecule has 1 aliphatic heterocycles. The third-order valence-corrected chi connectivity index (χ3v) is 5.78. The summed E-state index contributed by atoms with van der Waals surface area (Å²) in [6.45, 7) is 6.27. The van der Waals surface area contributed by atoms with Gasteiger partial charge in [-0.1, -0.05) is 41.9 Å². The van der Waals surface area contributed by atoms with Gasteiger partial charge in [0.05, 0.1) is 23.1 Å². The number of aromatic nitrogens is 2. The number of halogens is 1. The highest BCUT2D eigenvalue weighted by Gasteiger charge is 2.25. The van der Waals surface area contributed by atoms with E-state index in [1.807, 2.05) is 42.2 Å². The quantitative estimate of drug-likeness (QED) is 0.644. The third kappa shape index (κ3) is 4.52. The molecule has 6 heteroatoms. The van der Waals surface area contributed by atoms with Gasteiger partial charge in [-0.05, 0) is 43.2 Å². The minimum atomic E-state index is 0.0606. The smallest absolute Gasteiger partial charge is 0.257 e. The fourth-order valence-corrected chi connectivity index (χ4v) is 3.86. The van der Waals surface area contributed by atoms with E-state index in [2.05, 4.69) is 34.3 Å². The summed E-state index contributed by atoms with van der Waals surface area (Å²) >= 11 is 5.97. The van der Waals surface area contributed by atoms with Gasteiger partial charge in [0.1, 0.15) is 0 Å². The van der Waals surface area contributed by atoms with E-state index in [0.717, 1.165) is 50.5 Å². The van der Waals surface area contributed by atoms with E-state index in [-0.39, 0.29) is 5.91 Å². The Labute approximate surface area is 176 Å². The van der Waals surface area contributed by atoms with Crippen LogP contribution in [0.1, 0.15) is 21.6 Å². The lowest BCUT2D eigenvalue weighted by atomic mass is 10.1. The molecular weight excluding hydrogens is 384 g/mol. The van der Waals surface area contributed by atoms with E-state index in [0.29, 0.717) is 10.6 Å². The zero-order chi connectivity index (χ0) is 20.2. The van der Waals surface area contributed by atoms with Gasteiger partial charge in [0.2, 0.25) is 0 Å². The summed E-state index contributed by atoms with van der Waals surface area (Å²) in [7, 11) is 0. The number of rotatable bonds is 5. The van der Waals surface area contributed by atoms with Gasteiger partial charge < -0.3 is 4.90 Å². The van der Waals surface area contributed by atoms with Crippen LogP contribution in [0.5, 0.6) is 0 Å². The van der Waals surface area contributed by atoms with Crippen LogP contribution in [0.25, 0.3) is 5.69 Å². The summed E-state index contributed by atoms with van der Waals surface area (Å²) < 4.78 is 1.79. The van der Waals surface area contributed by atoms with Gasteiger partial charge in [-0.25, -0.2) is 4.68 Å². The average molecular weight is 409 g/mol. The Hall–Kier alpha value is -2.63. The van der Waals surface area contributed by atoms with Crippen LogP contribution in [0.2, 0.25) is 5.02 Å². The fourth-order valence-electron chi connectivity index (χ4n) is 3.74. The number of carbonyl (C=O) groups excluding carboxylic acids is 1. The number of benzene rings is 2. The van der Waals surface area contributed by atoms with Gasteiger partial charge in [-0.2, -0.15) is 5.10 Å². The fraction of sp³-hybridized carbons (Fsp3) is 0.304. The molecule has 1 amide bonds. The minimum Gasteiger partial charge on any atom is -0.336 e. The van der Waals surface area contributed by atoms with Gasteiger partial charge in [0, 0.05) is 37.7 Å². The maximum absolute atomic E-state index is 13.0. The predicted octanol–water partition coefficient (Wildman–Crippen LogP) is 3.83. The molecule has 4 rings (SSSR count). The van der Waals surface area contributed by atoms with Crippen molar-refractivity contribution in [1.82, 2.24) is 19.6 Å². The molecule has 0 atom stereocenters. The molecule has 1 aromatic heterocycles. The number of amides is 1. The molecule has 2 heterocycles. The van der Waals surface area contributed by atoms with Gasteiger partial charge in [-0.3, -0.25) is 9.69 Å². The highest BCUT2D eigenvalue weighted by molar-refractivity contribution is 6.30. The first-order valence-electron chi connectivity index (χ1n) is 9.98. The zero-order valence-electron chi connectivity index (χ0n) is 16.6. The molecule has 0 unspecified atom stereocenters. The number of hydrogen-bond donors (Lipinski definition) is 0. The highest BCUT2D eigenvalue weighted by atomic mass is 35.5. The Morgan fingerprint density at radius 1 is 1.00 bits per heavy atom. The minimum absolute atomic E-state index is 0.0606. The van der Waals surface area contributed by atoms with Crippen LogP contribution in [0.4, 0.5) is 0 Å². The Bertz CT molecular complexity index is 960. The molecule has 2 aromatic carbocycles. The molecule has 0 bridgehead atoms. The molecular formula is C23H25ClN4O. The molecule has 0 radical (unpaired) electrons. The average Bonchev–Trinajstić information content (AvgIpc) is 3.15. The lowest BCUT2D eigenvalue weighted by Crippen LogP contribution is -2.49. The third-order valence-electron chi connectivity index (χ3n) is 5.53. The van der Waals surface area contributed by atoms with E-state index in [1.165, 1.54) is 5.56 Å². The Kier molecular flexibility index (Phi) is 5.97. The summed E-state index contributed by atoms with van der Waals surface area (Å²) in [4.78, 5) is 17.4. The van der Waals surface area contributed by atoms with Crippen LogP contribution in [0.15, 0.2) is 60.8 Å². The molecule has 3 aromatic rings. The van der Waals surface area contributed by atoms with Crippen LogP contribution in [0, 0.1) is 6.92 Å². The first-order valence-corrected chi connectivity index (χ1v) is 10.4. The molecule has 5 nitrogen and oxygen atoms in total. The molecule has 0 spiro atoms. The van der Waals surface area contributed by atoms with Gasteiger partial charge in [0.15, 0.2) is 0 Å². The Morgan fingerprint density at radius 3 is 2.38 bits per heavy atom. The van der Waals surface area contributed by atoms with Crippen LogP contribution in [0.3, 0.4) is 0 Å². The Balaban J connectivity index is 1.35. The van der Waals surface area contributed by atoms with Crippen molar-refractivity contribution < 1.29 is 4.79 Å². The standard InChI is InChI=1S/C23H25ClN4O/c1-18-22(17-25-28(18)21-9-7-20(24)8-10-21)23(29)27-15-13-26(14-16-27)12-11-19-5-3-2-4-6-19/h2-10,17H,11-16H2,1H3. The molecule has 0 saturated carbocycles. The van der Waals surface area contributed by atoms with Crippen LogP contribution >= 0.6 is 11.6 Å². The molecule has 1 fully saturated rings. The number of piperazine rings is 1. The van der Waals surface area contributed by atoms with Crippen molar-refractivity contribution in [2.75, 3.05) is 32.7 Å². The number of hydrogen-bond acceptors (Lipinski definition) is 3. The largest absolute Gasteiger partial charge is 0.336 e. The number of nitrogens with zero attached hydrogens (tertiary/aromatic N) is 4. The van der Waals surface area contributed by atoms with E-state index in [1.54, 1.807) is 10.9 Å². The molecule has 150 valence electrons. The summed E-state index contributed by atoms with van der Waals surface area (Å²) in [6.07, 6.45) is 2.72. The van der Waals surface area contributed by atoms with Crippen molar-refractivity contribution in [2.24, 2.45) is 0 Å². The van der Waals surface area contributed by atoms with Crippen LogP contribution in [-0.4, -0.2) is 58.2 Å². The topological polar surface area (TPSA) is 41.4 Å². The molecule has 29 heavy (non-hydrogen) atoms. The maximum Gasteiger partial charge on any atom is 0.257 e. The van der Waals surface area contributed by atoms with Crippen LogP contribution < -0.4 is 0 Å². The van der Waals surface area contributed by atoms with Gasteiger partial charge in [0.25, 0.3) is 5.91 Å². The Morgan fingerprint density at radius 2 is 1.69 bits per heavy atom. The van der Waals surface area contributed by atoms with Crippen molar-refractivity contribution in [2.45, 2.75) is 13.3 Å². The van der Waals surface area contributed by atoms with Crippen molar-refractivity contribution in [1.29, 1.82) is 0 Å². The second kappa shape index (κ2) is 8.80. The van der Waals surface area contributed by atoms with E-state index in [4.69, 9.17) is 11.6 Å². The van der Waals surface area contributed by atoms with E-state index >= 15 is 0 Å². The second-order valence-corrected chi connectivity index (χ2v) is 7.84. The van der Waals surface area contributed by atoms with Crippen molar-refractivity contribution in [3.8, 4) is 5.69 Å². The normalized spacial score (nSPS) is 14.9. The van der Waals surface area contributed by atoms with Crippen LogP contribution in [-0.2, 0) is 6.42 Å².